The average molecular weight is 348 g/mol. The van der Waals surface area contributed by atoms with Gasteiger partial charge in [-0.25, -0.2) is 9.97 Å². The number of aromatic nitrogens is 2. The third-order valence-electron chi connectivity index (χ3n) is 3.16. The fourth-order valence-corrected chi connectivity index (χ4v) is 3.01. The van der Waals surface area contributed by atoms with Crippen molar-refractivity contribution in [2.24, 2.45) is 0 Å². The maximum Gasteiger partial charge on any atom is 0.161 e. The van der Waals surface area contributed by atoms with E-state index >= 15 is 0 Å². The zero-order chi connectivity index (χ0) is 14.3. The summed E-state index contributed by atoms with van der Waals surface area (Å²) in [6.07, 6.45) is 0. The second-order valence-electron chi connectivity index (χ2n) is 4.85. The van der Waals surface area contributed by atoms with Gasteiger partial charge in [0.05, 0.1) is 5.52 Å². The molecule has 0 saturated heterocycles. The molecule has 0 aliphatic rings. The quantitative estimate of drug-likeness (QED) is 0.556. The Morgan fingerprint density at radius 3 is 2.35 bits per heavy atom. The van der Waals surface area contributed by atoms with E-state index in [0.29, 0.717) is 11.0 Å². The Morgan fingerprint density at radius 1 is 0.950 bits per heavy atom. The van der Waals surface area contributed by atoms with Crippen LogP contribution in [0.2, 0.25) is 5.15 Å². The third kappa shape index (κ3) is 2.43. The maximum absolute atomic E-state index is 6.32. The molecule has 0 N–H and O–H groups in total. The van der Waals surface area contributed by atoms with E-state index in [9.17, 15) is 0 Å². The van der Waals surface area contributed by atoms with Crippen molar-refractivity contribution in [3.63, 3.8) is 0 Å². The molecule has 0 saturated carbocycles. The van der Waals surface area contributed by atoms with Crippen molar-refractivity contribution in [1.82, 2.24) is 9.97 Å². The van der Waals surface area contributed by atoms with Gasteiger partial charge >= 0.3 is 0 Å². The van der Waals surface area contributed by atoms with E-state index < -0.39 is 0 Å². The van der Waals surface area contributed by atoms with Gasteiger partial charge in [0.1, 0.15) is 5.15 Å². The highest BCUT2D eigenvalue weighted by atomic mass is 79.9. The van der Waals surface area contributed by atoms with Crippen LogP contribution < -0.4 is 0 Å². The van der Waals surface area contributed by atoms with Gasteiger partial charge in [-0.05, 0) is 47.5 Å². The van der Waals surface area contributed by atoms with Gasteiger partial charge in [-0.15, -0.1) is 0 Å². The summed E-state index contributed by atoms with van der Waals surface area (Å²) in [4.78, 5) is 9.05. The first-order valence-electron chi connectivity index (χ1n) is 6.25. The molecule has 20 heavy (non-hydrogen) atoms. The van der Waals surface area contributed by atoms with Crippen LogP contribution in [-0.2, 0) is 0 Å². The van der Waals surface area contributed by atoms with Crippen LogP contribution in [0.25, 0.3) is 22.3 Å². The van der Waals surface area contributed by atoms with E-state index in [0.717, 1.165) is 26.5 Å². The number of fused-ring (bicyclic) bond motifs is 1. The lowest BCUT2D eigenvalue weighted by Gasteiger charge is -2.07. The fourth-order valence-electron chi connectivity index (χ4n) is 2.12. The van der Waals surface area contributed by atoms with Crippen LogP contribution in [0.4, 0.5) is 0 Å². The Bertz CT molecular complexity index is 798. The summed E-state index contributed by atoms with van der Waals surface area (Å²) in [5, 5.41) is 1.35. The number of rotatable bonds is 1. The van der Waals surface area contributed by atoms with Crippen molar-refractivity contribution in [1.29, 1.82) is 0 Å². The molecular weight excluding hydrogens is 336 g/mol. The minimum Gasteiger partial charge on any atom is -0.227 e. The first-order valence-corrected chi connectivity index (χ1v) is 7.42. The second-order valence-corrected chi connectivity index (χ2v) is 6.06. The summed E-state index contributed by atoms with van der Waals surface area (Å²) >= 11 is 9.87. The Kier molecular flexibility index (Phi) is 3.48. The molecule has 2 aromatic carbocycles. The van der Waals surface area contributed by atoms with Crippen LogP contribution in [0, 0.1) is 13.8 Å². The van der Waals surface area contributed by atoms with Crippen LogP contribution in [0.1, 0.15) is 11.1 Å². The fraction of sp³-hybridized carbons (Fsp3) is 0.125. The number of benzene rings is 2. The molecule has 0 bridgehead atoms. The molecule has 0 atom stereocenters. The molecule has 3 aromatic rings. The average Bonchev–Trinajstić information content (AvgIpc) is 2.40. The van der Waals surface area contributed by atoms with Gasteiger partial charge in [0.25, 0.3) is 0 Å². The van der Waals surface area contributed by atoms with E-state index in [-0.39, 0.29) is 0 Å². The summed E-state index contributed by atoms with van der Waals surface area (Å²) in [7, 11) is 0. The molecule has 1 heterocycles. The van der Waals surface area contributed by atoms with Crippen molar-refractivity contribution >= 4 is 38.4 Å². The largest absolute Gasteiger partial charge is 0.227 e. The molecule has 0 radical (unpaired) electrons. The number of hydrogen-bond acceptors (Lipinski definition) is 2. The highest BCUT2D eigenvalue weighted by molar-refractivity contribution is 9.10. The molecule has 4 heteroatoms. The topological polar surface area (TPSA) is 25.8 Å². The van der Waals surface area contributed by atoms with Gasteiger partial charge in [0.15, 0.2) is 5.82 Å². The van der Waals surface area contributed by atoms with Gasteiger partial charge in [0.2, 0.25) is 0 Å². The lowest BCUT2D eigenvalue weighted by Crippen LogP contribution is -1.93. The lowest BCUT2D eigenvalue weighted by molar-refractivity contribution is 1.22. The van der Waals surface area contributed by atoms with Gasteiger partial charge in [-0.2, -0.15) is 0 Å². The minimum atomic E-state index is 0.481. The van der Waals surface area contributed by atoms with Crippen molar-refractivity contribution in [2.75, 3.05) is 0 Å². The Hall–Kier alpha value is -1.45. The summed E-state index contributed by atoms with van der Waals surface area (Å²) < 4.78 is 0.935. The first kappa shape index (κ1) is 13.5. The molecule has 3 rings (SSSR count). The van der Waals surface area contributed by atoms with E-state index in [1.165, 1.54) is 5.56 Å². The molecule has 2 nitrogen and oxygen atoms in total. The standard InChI is InChI=1S/C16H12BrClN2/c1-9-3-5-11(6-4-9)16-19-14-12(15(18)20-16)7-10(2)8-13(14)17/h3-8H,1-2H3. The van der Waals surface area contributed by atoms with Gasteiger partial charge < -0.3 is 0 Å². The Morgan fingerprint density at radius 2 is 1.65 bits per heavy atom. The summed E-state index contributed by atoms with van der Waals surface area (Å²) in [6, 6.07) is 12.1. The zero-order valence-electron chi connectivity index (χ0n) is 11.1. The minimum absolute atomic E-state index is 0.481. The molecule has 1 aromatic heterocycles. The van der Waals surface area contributed by atoms with Crippen molar-refractivity contribution in [3.8, 4) is 11.4 Å². The molecular formula is C16H12BrClN2. The van der Waals surface area contributed by atoms with Crippen molar-refractivity contribution in [2.45, 2.75) is 13.8 Å². The van der Waals surface area contributed by atoms with Crippen LogP contribution in [0.3, 0.4) is 0 Å². The van der Waals surface area contributed by atoms with E-state index in [4.69, 9.17) is 11.6 Å². The van der Waals surface area contributed by atoms with Crippen LogP contribution >= 0.6 is 27.5 Å². The van der Waals surface area contributed by atoms with Crippen LogP contribution in [0.5, 0.6) is 0 Å². The molecule has 0 fully saturated rings. The number of aryl methyl sites for hydroxylation is 2. The SMILES string of the molecule is Cc1ccc(-c2nc(Cl)c3cc(C)cc(Br)c3n2)cc1. The number of hydrogen-bond donors (Lipinski definition) is 0. The predicted octanol–water partition coefficient (Wildman–Crippen LogP) is 5.33. The molecule has 0 amide bonds. The molecule has 100 valence electrons. The predicted molar refractivity (Wildman–Crippen MR) is 87.2 cm³/mol. The van der Waals surface area contributed by atoms with Crippen LogP contribution in [0.15, 0.2) is 40.9 Å². The molecule has 0 aliphatic carbocycles. The number of halogens is 2. The second kappa shape index (κ2) is 5.15. The number of nitrogens with zero attached hydrogens (tertiary/aromatic N) is 2. The summed E-state index contributed by atoms with van der Waals surface area (Å²) in [5.41, 5.74) is 4.13. The first-order chi connectivity index (χ1) is 9.54. The zero-order valence-corrected chi connectivity index (χ0v) is 13.5. The van der Waals surface area contributed by atoms with E-state index in [1.54, 1.807) is 0 Å². The molecule has 0 unspecified atom stereocenters. The van der Waals surface area contributed by atoms with E-state index in [1.807, 2.05) is 43.3 Å². The Balaban J connectivity index is 2.26. The lowest BCUT2D eigenvalue weighted by atomic mass is 10.1. The van der Waals surface area contributed by atoms with Gasteiger partial charge in [0, 0.05) is 15.4 Å². The van der Waals surface area contributed by atoms with Crippen molar-refractivity contribution < 1.29 is 0 Å². The highest BCUT2D eigenvalue weighted by Gasteiger charge is 2.11. The maximum atomic E-state index is 6.32. The normalized spacial score (nSPS) is 11.0. The van der Waals surface area contributed by atoms with Crippen LogP contribution in [-0.4, -0.2) is 9.97 Å². The van der Waals surface area contributed by atoms with Gasteiger partial charge in [-0.3, -0.25) is 0 Å². The summed E-state index contributed by atoms with van der Waals surface area (Å²) in [6.45, 7) is 4.08. The van der Waals surface area contributed by atoms with E-state index in [2.05, 4.69) is 32.8 Å². The smallest absolute Gasteiger partial charge is 0.161 e. The molecule has 0 aliphatic heterocycles. The third-order valence-corrected chi connectivity index (χ3v) is 4.05. The summed E-state index contributed by atoms with van der Waals surface area (Å²) in [5.74, 6) is 0.645. The monoisotopic (exact) mass is 346 g/mol. The van der Waals surface area contributed by atoms with Crippen molar-refractivity contribution in [3.05, 3.63) is 57.2 Å². The highest BCUT2D eigenvalue weighted by Crippen LogP contribution is 2.30. The van der Waals surface area contributed by atoms with Gasteiger partial charge in [-0.1, -0.05) is 41.4 Å². The Labute approximate surface area is 131 Å². The molecule has 0 spiro atoms.